The van der Waals surface area contributed by atoms with Gasteiger partial charge in [-0.05, 0) is 12.5 Å². The summed E-state index contributed by atoms with van der Waals surface area (Å²) in [5.74, 6) is -2.71. The van der Waals surface area contributed by atoms with Gasteiger partial charge in [-0.1, -0.05) is 30.3 Å². The zero-order chi connectivity index (χ0) is 19.9. The van der Waals surface area contributed by atoms with E-state index in [0.29, 0.717) is 0 Å². The lowest BCUT2D eigenvalue weighted by atomic mass is 10.0. The molecule has 3 N–H and O–H groups in total. The molecule has 2 amide bonds. The fraction of sp³-hybridized carbons (Fsp3) is 0.312. The number of amides is 2. The SMILES string of the molecule is CC1S[C@@H]2C(NC(=O)C(c3ccccc3)S(=O)(=O)O)C(=O)N2C=C1C(=O)O. The van der Waals surface area contributed by atoms with E-state index < -0.39 is 49.8 Å². The molecular weight excluding hydrogens is 396 g/mol. The van der Waals surface area contributed by atoms with Crippen molar-refractivity contribution >= 4 is 39.7 Å². The quantitative estimate of drug-likeness (QED) is 0.465. The van der Waals surface area contributed by atoms with Crippen molar-refractivity contribution in [3.05, 3.63) is 47.7 Å². The van der Waals surface area contributed by atoms with Crippen LogP contribution < -0.4 is 5.32 Å². The Morgan fingerprint density at radius 1 is 1.26 bits per heavy atom. The Hall–Kier alpha value is -2.37. The first-order valence-corrected chi connectivity index (χ1v) is 10.3. The third-order valence-corrected chi connectivity index (χ3v) is 6.84. The molecule has 1 aromatic rings. The van der Waals surface area contributed by atoms with Gasteiger partial charge in [0.15, 0.2) is 5.25 Å². The van der Waals surface area contributed by atoms with Crippen molar-refractivity contribution in [1.29, 1.82) is 0 Å². The van der Waals surface area contributed by atoms with Gasteiger partial charge >= 0.3 is 5.97 Å². The van der Waals surface area contributed by atoms with Gasteiger partial charge in [-0.15, -0.1) is 11.8 Å². The van der Waals surface area contributed by atoms with Gasteiger partial charge in [0.1, 0.15) is 11.4 Å². The zero-order valence-electron chi connectivity index (χ0n) is 14.0. The van der Waals surface area contributed by atoms with Crippen LogP contribution in [0.4, 0.5) is 0 Å². The maximum absolute atomic E-state index is 12.5. The van der Waals surface area contributed by atoms with Crippen molar-refractivity contribution in [3.63, 3.8) is 0 Å². The molecule has 0 aliphatic carbocycles. The smallest absolute Gasteiger partial charge is 0.334 e. The molecule has 9 nitrogen and oxygen atoms in total. The molecule has 0 aromatic heterocycles. The van der Waals surface area contributed by atoms with E-state index >= 15 is 0 Å². The second-order valence-corrected chi connectivity index (χ2v) is 9.06. The number of thioether (sulfide) groups is 1. The average molecular weight is 412 g/mol. The lowest BCUT2D eigenvalue weighted by Crippen LogP contribution is -2.69. The van der Waals surface area contributed by atoms with Crippen LogP contribution in [0.25, 0.3) is 0 Å². The fourth-order valence-electron chi connectivity index (χ4n) is 2.98. The van der Waals surface area contributed by atoms with Crippen molar-refractivity contribution < 1.29 is 32.5 Å². The number of hydrogen-bond acceptors (Lipinski definition) is 6. The number of carboxylic acids is 1. The molecule has 144 valence electrons. The second kappa shape index (κ2) is 6.98. The zero-order valence-corrected chi connectivity index (χ0v) is 15.6. The first-order valence-electron chi connectivity index (χ1n) is 7.85. The van der Waals surface area contributed by atoms with Gasteiger partial charge in [-0.2, -0.15) is 8.42 Å². The van der Waals surface area contributed by atoms with Crippen LogP contribution in [0.1, 0.15) is 17.7 Å². The Kier molecular flexibility index (Phi) is 5.02. The molecule has 2 aliphatic heterocycles. The molecule has 0 bridgehead atoms. The lowest BCUT2D eigenvalue weighted by Gasteiger charge is -2.48. The monoisotopic (exact) mass is 412 g/mol. The maximum atomic E-state index is 12.5. The van der Waals surface area contributed by atoms with Crippen molar-refractivity contribution in [2.75, 3.05) is 0 Å². The highest BCUT2D eigenvalue weighted by atomic mass is 32.2. The molecule has 0 radical (unpaired) electrons. The van der Waals surface area contributed by atoms with Gasteiger partial charge < -0.3 is 15.3 Å². The van der Waals surface area contributed by atoms with Crippen LogP contribution in [-0.2, 0) is 24.5 Å². The Labute approximate surface area is 159 Å². The van der Waals surface area contributed by atoms with Gasteiger partial charge in [0.05, 0.1) is 5.57 Å². The molecule has 1 aromatic carbocycles. The van der Waals surface area contributed by atoms with Gasteiger partial charge in [0.2, 0.25) is 5.91 Å². The first-order chi connectivity index (χ1) is 12.6. The summed E-state index contributed by atoms with van der Waals surface area (Å²) >= 11 is 1.17. The Balaban J connectivity index is 1.81. The molecule has 3 rings (SSSR count). The number of benzene rings is 1. The number of fused-ring (bicyclic) bond motifs is 1. The molecule has 2 heterocycles. The summed E-state index contributed by atoms with van der Waals surface area (Å²) in [4.78, 5) is 37.2. The van der Waals surface area contributed by atoms with Crippen LogP contribution >= 0.6 is 11.8 Å². The number of hydrogen-bond donors (Lipinski definition) is 3. The highest BCUT2D eigenvalue weighted by Gasteiger charge is 2.52. The van der Waals surface area contributed by atoms with Crippen LogP contribution in [-0.4, -0.2) is 57.4 Å². The summed E-state index contributed by atoms with van der Waals surface area (Å²) in [5.41, 5.74) is 0.133. The Morgan fingerprint density at radius 3 is 2.44 bits per heavy atom. The third kappa shape index (κ3) is 3.57. The van der Waals surface area contributed by atoms with Crippen LogP contribution in [0.3, 0.4) is 0 Å². The summed E-state index contributed by atoms with van der Waals surface area (Å²) in [6.07, 6.45) is 1.23. The van der Waals surface area contributed by atoms with Crippen LogP contribution in [0.15, 0.2) is 42.1 Å². The van der Waals surface area contributed by atoms with E-state index in [4.69, 9.17) is 5.11 Å². The molecule has 0 saturated carbocycles. The average Bonchev–Trinajstić information content (AvgIpc) is 2.59. The van der Waals surface area contributed by atoms with Crippen molar-refractivity contribution in [3.8, 4) is 0 Å². The molecule has 27 heavy (non-hydrogen) atoms. The van der Waals surface area contributed by atoms with Crippen LogP contribution in [0.5, 0.6) is 0 Å². The highest BCUT2D eigenvalue weighted by Crippen LogP contribution is 2.40. The van der Waals surface area contributed by atoms with Crippen molar-refractivity contribution in [1.82, 2.24) is 10.2 Å². The number of carbonyl (C=O) groups is 3. The minimum atomic E-state index is -4.76. The number of carbonyl (C=O) groups excluding carboxylic acids is 2. The minimum absolute atomic E-state index is 0.0643. The Morgan fingerprint density at radius 2 is 1.89 bits per heavy atom. The summed E-state index contributed by atoms with van der Waals surface area (Å²) < 4.78 is 32.9. The number of β-lactam (4-membered cyclic amide) rings is 1. The topological polar surface area (TPSA) is 141 Å². The normalized spacial score (nSPS) is 25.7. The molecule has 11 heteroatoms. The van der Waals surface area contributed by atoms with Gasteiger partial charge in [0.25, 0.3) is 16.0 Å². The summed E-state index contributed by atoms with van der Waals surface area (Å²) in [6, 6.07) is 6.42. The van der Waals surface area contributed by atoms with Crippen molar-refractivity contribution in [2.24, 2.45) is 0 Å². The van der Waals surface area contributed by atoms with E-state index in [1.165, 1.54) is 47.1 Å². The molecule has 1 saturated heterocycles. The maximum Gasteiger partial charge on any atom is 0.334 e. The number of rotatable bonds is 5. The van der Waals surface area contributed by atoms with E-state index in [9.17, 15) is 27.4 Å². The van der Waals surface area contributed by atoms with E-state index in [2.05, 4.69) is 5.32 Å². The minimum Gasteiger partial charge on any atom is -0.478 e. The third-order valence-electron chi connectivity index (χ3n) is 4.32. The van der Waals surface area contributed by atoms with E-state index in [1.807, 2.05) is 0 Å². The van der Waals surface area contributed by atoms with E-state index in [1.54, 1.807) is 13.0 Å². The number of nitrogens with zero attached hydrogens (tertiary/aromatic N) is 1. The van der Waals surface area contributed by atoms with Crippen LogP contribution in [0.2, 0.25) is 0 Å². The molecular formula is C16H16N2O7S2. The van der Waals surface area contributed by atoms with E-state index in [0.717, 1.165) is 0 Å². The lowest BCUT2D eigenvalue weighted by molar-refractivity contribution is -0.145. The predicted molar refractivity (Wildman–Crippen MR) is 96.1 cm³/mol. The van der Waals surface area contributed by atoms with Gasteiger partial charge in [-0.3, -0.25) is 14.1 Å². The molecule has 1 fully saturated rings. The fourth-order valence-corrected chi connectivity index (χ4v) is 5.19. The summed E-state index contributed by atoms with van der Waals surface area (Å²) in [6.45, 7) is 1.66. The largest absolute Gasteiger partial charge is 0.478 e. The molecule has 3 unspecified atom stereocenters. The van der Waals surface area contributed by atoms with Gasteiger partial charge in [-0.25, -0.2) is 4.79 Å². The standard InChI is InChI=1S/C16H16N2O7S2/c1-8-10(16(21)22)7-18-14(20)11(15(18)26-8)17-13(19)12(27(23,24)25)9-5-3-2-4-6-9/h2-8,11-12,15H,1H3,(H,17,19)(H,21,22)(H,23,24,25)/t8?,11?,12?,15-/m1/s1. The highest BCUT2D eigenvalue weighted by molar-refractivity contribution is 8.00. The second-order valence-electron chi connectivity index (χ2n) is 6.10. The number of carboxylic acid groups (broad SMARTS) is 1. The molecule has 2 aliphatic rings. The summed E-state index contributed by atoms with van der Waals surface area (Å²) in [5, 5.41) is 8.68. The van der Waals surface area contributed by atoms with Crippen molar-refractivity contribution in [2.45, 2.75) is 28.8 Å². The number of aliphatic carboxylic acids is 1. The Bertz CT molecular complexity index is 929. The molecule has 0 spiro atoms. The van der Waals surface area contributed by atoms with Crippen LogP contribution in [0, 0.1) is 0 Å². The summed E-state index contributed by atoms with van der Waals surface area (Å²) in [7, 11) is -4.76. The number of nitrogens with one attached hydrogen (secondary N) is 1. The predicted octanol–water partition coefficient (Wildman–Crippen LogP) is 0.372. The van der Waals surface area contributed by atoms with E-state index in [-0.39, 0.29) is 11.1 Å². The molecule has 4 atom stereocenters. The van der Waals surface area contributed by atoms with Gasteiger partial charge in [0, 0.05) is 11.4 Å². The first kappa shape index (κ1) is 19.4.